The van der Waals surface area contributed by atoms with Gasteiger partial charge in [0.1, 0.15) is 0 Å². The molecule has 0 aromatic heterocycles. The van der Waals surface area contributed by atoms with Crippen LogP contribution in [0.3, 0.4) is 0 Å². The SMILES string of the molecule is CC(C)CC(CO)N(C/C(Br)=C/c1ccccc1)S(=O)(=O)c1ccc(Cl)cc1. The van der Waals surface area contributed by atoms with Crippen molar-refractivity contribution in [1.82, 2.24) is 4.31 Å². The van der Waals surface area contributed by atoms with Crippen molar-refractivity contribution in [2.75, 3.05) is 13.2 Å². The Morgan fingerprint density at radius 1 is 1.14 bits per heavy atom. The maximum absolute atomic E-state index is 13.3. The molecule has 0 spiro atoms. The Hall–Kier alpha value is -1.18. The van der Waals surface area contributed by atoms with E-state index in [4.69, 9.17) is 11.6 Å². The van der Waals surface area contributed by atoms with Gasteiger partial charge in [0.2, 0.25) is 10.0 Å². The Kier molecular flexibility index (Phi) is 8.71. The lowest BCUT2D eigenvalue weighted by Gasteiger charge is -2.31. The molecule has 28 heavy (non-hydrogen) atoms. The molecular formula is C21H25BrClNO3S. The van der Waals surface area contributed by atoms with Gasteiger partial charge in [0.05, 0.1) is 11.5 Å². The first kappa shape index (κ1) is 23.1. The van der Waals surface area contributed by atoms with Gasteiger partial charge in [-0.2, -0.15) is 4.31 Å². The fraction of sp³-hybridized carbons (Fsp3) is 0.333. The highest BCUT2D eigenvalue weighted by atomic mass is 79.9. The van der Waals surface area contributed by atoms with Crippen LogP contribution in [0, 0.1) is 5.92 Å². The Morgan fingerprint density at radius 2 is 1.75 bits per heavy atom. The van der Waals surface area contributed by atoms with E-state index in [9.17, 15) is 13.5 Å². The Morgan fingerprint density at radius 3 is 2.29 bits per heavy atom. The van der Waals surface area contributed by atoms with Crippen LogP contribution in [-0.2, 0) is 10.0 Å². The van der Waals surface area contributed by atoms with Gasteiger partial charge in [0.15, 0.2) is 0 Å². The quantitative estimate of drug-likeness (QED) is 0.532. The molecule has 2 aromatic rings. The van der Waals surface area contributed by atoms with Crippen LogP contribution in [0.25, 0.3) is 6.08 Å². The number of halogens is 2. The van der Waals surface area contributed by atoms with Gasteiger partial charge in [-0.05, 0) is 48.2 Å². The van der Waals surface area contributed by atoms with Gasteiger partial charge in [-0.1, -0.05) is 71.7 Å². The Labute approximate surface area is 181 Å². The molecule has 0 bridgehead atoms. The van der Waals surface area contributed by atoms with Gasteiger partial charge in [0, 0.05) is 22.1 Å². The molecule has 0 aliphatic rings. The van der Waals surface area contributed by atoms with Crippen molar-refractivity contribution in [1.29, 1.82) is 0 Å². The van der Waals surface area contributed by atoms with E-state index in [-0.39, 0.29) is 24.0 Å². The third-order valence-electron chi connectivity index (χ3n) is 4.21. The van der Waals surface area contributed by atoms with E-state index in [0.717, 1.165) is 5.56 Å². The second kappa shape index (κ2) is 10.6. The van der Waals surface area contributed by atoms with Crippen LogP contribution in [-0.4, -0.2) is 37.0 Å². The maximum atomic E-state index is 13.3. The number of sulfonamides is 1. The smallest absolute Gasteiger partial charge is 0.243 e. The van der Waals surface area contributed by atoms with Crippen molar-refractivity contribution < 1.29 is 13.5 Å². The van der Waals surface area contributed by atoms with Gasteiger partial charge in [-0.25, -0.2) is 8.42 Å². The predicted octanol–water partition coefficient (Wildman–Crippen LogP) is 5.17. The molecule has 1 atom stereocenters. The first-order chi connectivity index (χ1) is 13.2. The number of hydrogen-bond acceptors (Lipinski definition) is 3. The summed E-state index contributed by atoms with van der Waals surface area (Å²) in [6.45, 7) is 3.88. The third-order valence-corrected chi connectivity index (χ3v) is 6.86. The average Bonchev–Trinajstić information content (AvgIpc) is 2.65. The third kappa shape index (κ3) is 6.42. The van der Waals surface area contributed by atoms with Crippen molar-refractivity contribution in [3.63, 3.8) is 0 Å². The lowest BCUT2D eigenvalue weighted by atomic mass is 10.0. The second-order valence-electron chi connectivity index (χ2n) is 6.97. The van der Waals surface area contributed by atoms with Gasteiger partial charge in [-0.3, -0.25) is 0 Å². The molecule has 0 aliphatic heterocycles. The largest absolute Gasteiger partial charge is 0.395 e. The summed E-state index contributed by atoms with van der Waals surface area (Å²) in [4.78, 5) is 0.152. The molecule has 152 valence electrons. The van der Waals surface area contributed by atoms with Crippen molar-refractivity contribution >= 4 is 43.6 Å². The number of aliphatic hydroxyl groups excluding tert-OH is 1. The molecule has 1 N–H and O–H groups in total. The zero-order valence-corrected chi connectivity index (χ0v) is 19.1. The van der Waals surface area contributed by atoms with Crippen LogP contribution in [0.5, 0.6) is 0 Å². The minimum atomic E-state index is -3.82. The Balaban J connectivity index is 2.41. The molecule has 0 heterocycles. The number of rotatable bonds is 9. The summed E-state index contributed by atoms with van der Waals surface area (Å²) in [5.41, 5.74) is 0.961. The van der Waals surface area contributed by atoms with Crippen molar-refractivity contribution in [2.24, 2.45) is 5.92 Å². The molecular weight excluding hydrogens is 462 g/mol. The number of benzene rings is 2. The van der Waals surface area contributed by atoms with Crippen LogP contribution in [0.2, 0.25) is 5.02 Å². The molecule has 7 heteroatoms. The summed E-state index contributed by atoms with van der Waals surface area (Å²) >= 11 is 9.42. The predicted molar refractivity (Wildman–Crippen MR) is 119 cm³/mol. The van der Waals surface area contributed by atoms with Crippen molar-refractivity contribution in [3.05, 3.63) is 69.7 Å². The lowest BCUT2D eigenvalue weighted by Crippen LogP contribution is -2.43. The summed E-state index contributed by atoms with van der Waals surface area (Å²) in [6, 6.07) is 15.2. The summed E-state index contributed by atoms with van der Waals surface area (Å²) in [5, 5.41) is 10.4. The summed E-state index contributed by atoms with van der Waals surface area (Å²) in [6.07, 6.45) is 2.43. The second-order valence-corrected chi connectivity index (χ2v) is 10.3. The molecule has 0 radical (unpaired) electrons. The monoisotopic (exact) mass is 485 g/mol. The fourth-order valence-corrected chi connectivity index (χ4v) is 5.34. The van der Waals surface area contributed by atoms with Crippen LogP contribution >= 0.6 is 27.5 Å². The van der Waals surface area contributed by atoms with Crippen LogP contribution in [0.15, 0.2) is 64.0 Å². The molecule has 0 aliphatic carbocycles. The summed E-state index contributed by atoms with van der Waals surface area (Å²) < 4.78 is 28.7. The minimum Gasteiger partial charge on any atom is -0.395 e. The zero-order valence-electron chi connectivity index (χ0n) is 15.9. The van der Waals surface area contributed by atoms with Crippen LogP contribution in [0.4, 0.5) is 0 Å². The van der Waals surface area contributed by atoms with E-state index in [1.807, 2.05) is 50.3 Å². The number of aliphatic hydroxyl groups is 1. The first-order valence-electron chi connectivity index (χ1n) is 9.03. The average molecular weight is 487 g/mol. The van der Waals surface area contributed by atoms with Crippen LogP contribution < -0.4 is 0 Å². The Bertz CT molecular complexity index is 884. The summed E-state index contributed by atoms with van der Waals surface area (Å²) in [5.74, 6) is 0.233. The highest BCUT2D eigenvalue weighted by Crippen LogP contribution is 2.26. The minimum absolute atomic E-state index is 0.123. The van der Waals surface area contributed by atoms with Crippen molar-refractivity contribution in [3.8, 4) is 0 Å². The molecule has 0 saturated carbocycles. The van der Waals surface area contributed by atoms with E-state index >= 15 is 0 Å². The van der Waals surface area contributed by atoms with Gasteiger partial charge in [-0.15, -0.1) is 0 Å². The van der Waals surface area contributed by atoms with E-state index in [1.165, 1.54) is 16.4 Å². The zero-order chi connectivity index (χ0) is 20.7. The summed E-state index contributed by atoms with van der Waals surface area (Å²) in [7, 11) is -3.82. The maximum Gasteiger partial charge on any atom is 0.243 e. The molecule has 0 amide bonds. The van der Waals surface area contributed by atoms with Gasteiger partial charge < -0.3 is 5.11 Å². The van der Waals surface area contributed by atoms with E-state index in [1.54, 1.807) is 12.1 Å². The highest BCUT2D eigenvalue weighted by Gasteiger charge is 2.32. The lowest BCUT2D eigenvalue weighted by molar-refractivity contribution is 0.175. The highest BCUT2D eigenvalue weighted by molar-refractivity contribution is 9.11. The molecule has 2 rings (SSSR count). The van der Waals surface area contributed by atoms with Crippen molar-refractivity contribution in [2.45, 2.75) is 31.2 Å². The van der Waals surface area contributed by atoms with E-state index in [0.29, 0.717) is 15.9 Å². The molecule has 1 unspecified atom stereocenters. The van der Waals surface area contributed by atoms with Gasteiger partial charge >= 0.3 is 0 Å². The van der Waals surface area contributed by atoms with Gasteiger partial charge in [0.25, 0.3) is 0 Å². The molecule has 2 aromatic carbocycles. The first-order valence-corrected chi connectivity index (χ1v) is 11.6. The fourth-order valence-electron chi connectivity index (χ4n) is 2.90. The molecule has 4 nitrogen and oxygen atoms in total. The number of hydrogen-bond donors (Lipinski definition) is 1. The van der Waals surface area contributed by atoms with Crippen LogP contribution in [0.1, 0.15) is 25.8 Å². The molecule has 0 saturated heterocycles. The standard InChI is InChI=1S/C21H25BrClNO3S/c1-16(2)12-20(15-25)24(14-18(22)13-17-6-4-3-5-7-17)28(26,27)21-10-8-19(23)9-11-21/h3-11,13,16,20,25H,12,14-15H2,1-2H3/b18-13-. The number of nitrogens with zero attached hydrogens (tertiary/aromatic N) is 1. The topological polar surface area (TPSA) is 57.6 Å². The van der Waals surface area contributed by atoms with E-state index < -0.39 is 16.1 Å². The van der Waals surface area contributed by atoms with E-state index in [2.05, 4.69) is 15.9 Å². The molecule has 0 fully saturated rings. The normalized spacial score (nSPS) is 13.9.